The van der Waals surface area contributed by atoms with Crippen molar-refractivity contribution in [1.82, 2.24) is 0 Å². The minimum Gasteiger partial charge on any atom is -0.288 e. The molecule has 0 heterocycles. The highest BCUT2D eigenvalue weighted by atomic mass is 32.2. The van der Waals surface area contributed by atoms with E-state index in [-0.39, 0.29) is 0 Å². The maximum absolute atomic E-state index is 13.0. The van der Waals surface area contributed by atoms with Crippen LogP contribution < -0.4 is 0 Å². The number of rotatable bonds is 7. The predicted molar refractivity (Wildman–Crippen MR) is 53.4 cm³/mol. The Kier molecular flexibility index (Phi) is 6.56. The van der Waals surface area contributed by atoms with Gasteiger partial charge in [0.05, 0.1) is 0 Å². The van der Waals surface area contributed by atoms with E-state index in [0.29, 0.717) is 11.8 Å². The molecule has 0 fully saturated rings. The molecule has 0 saturated heterocycles. The summed E-state index contributed by atoms with van der Waals surface area (Å²) >= 11 is 0.475. The van der Waals surface area contributed by atoms with Gasteiger partial charge in [0.15, 0.2) is 5.12 Å². The fourth-order valence-electron chi connectivity index (χ4n) is 1.02. The Morgan fingerprint density at radius 3 is 1.89 bits per heavy atom. The largest absolute Gasteiger partial charge is 0.372 e. The number of halogens is 8. The minimum absolute atomic E-state index is 0.423. The van der Waals surface area contributed by atoms with Gasteiger partial charge in [0.2, 0.25) is 6.17 Å². The normalized spacial score (nSPS) is 16.5. The summed E-state index contributed by atoms with van der Waals surface area (Å²) in [6, 6.07) is 0. The monoisotopic (exact) mass is 318 g/mol. The zero-order valence-electron chi connectivity index (χ0n) is 9.49. The Balaban J connectivity index is 4.69. The fourth-order valence-corrected chi connectivity index (χ4v) is 1.65. The van der Waals surface area contributed by atoms with Crippen molar-refractivity contribution in [3.63, 3.8) is 0 Å². The third-order valence-corrected chi connectivity index (χ3v) is 2.93. The second-order valence-electron chi connectivity index (χ2n) is 3.59. The number of thioether (sulfide) groups is 1. The van der Waals surface area contributed by atoms with Crippen LogP contribution in [0, 0.1) is 0 Å². The molecule has 0 aliphatic heterocycles. The lowest BCUT2D eigenvalue weighted by atomic mass is 10.0. The molecule has 0 aliphatic carbocycles. The molecule has 0 spiro atoms. The molecule has 0 N–H and O–H groups in total. The molecular weight excluding hydrogens is 308 g/mol. The highest BCUT2D eigenvalue weighted by molar-refractivity contribution is 8.13. The van der Waals surface area contributed by atoms with Gasteiger partial charge in [-0.1, -0.05) is 11.8 Å². The van der Waals surface area contributed by atoms with Crippen LogP contribution in [-0.4, -0.2) is 41.5 Å². The SMILES string of the molecule is CC(=O)SCCC(F)C(F)C(F)(F)C(F)(F)C(F)F. The molecule has 10 heteroatoms. The van der Waals surface area contributed by atoms with Gasteiger partial charge >= 0.3 is 18.3 Å². The van der Waals surface area contributed by atoms with Crippen LogP contribution in [0.1, 0.15) is 13.3 Å². The van der Waals surface area contributed by atoms with Crippen LogP contribution in [0.25, 0.3) is 0 Å². The Labute approximate surface area is 107 Å². The third-order valence-electron chi connectivity index (χ3n) is 2.08. The van der Waals surface area contributed by atoms with Crippen molar-refractivity contribution >= 4 is 16.9 Å². The average molecular weight is 318 g/mol. The van der Waals surface area contributed by atoms with Crippen molar-refractivity contribution in [3.8, 4) is 0 Å². The quantitative estimate of drug-likeness (QED) is 0.663. The zero-order valence-corrected chi connectivity index (χ0v) is 10.3. The first-order valence-corrected chi connectivity index (χ1v) is 5.88. The predicted octanol–water partition coefficient (Wildman–Crippen LogP) is 3.87. The van der Waals surface area contributed by atoms with Crippen LogP contribution in [0.2, 0.25) is 0 Å². The number of carbonyl (C=O) groups excluding carboxylic acids is 1. The standard InChI is InChI=1S/C9H10F8OS/c1-4(18)19-3-2-5(10)6(11)8(14,15)9(16,17)7(12)13/h5-7H,2-3H2,1H3. The van der Waals surface area contributed by atoms with Gasteiger partial charge in [0, 0.05) is 12.7 Å². The Bertz CT molecular complexity index is 309. The maximum atomic E-state index is 13.0. The molecule has 0 radical (unpaired) electrons. The number of carbonyl (C=O) groups is 1. The lowest BCUT2D eigenvalue weighted by molar-refractivity contribution is -0.291. The topological polar surface area (TPSA) is 17.1 Å². The average Bonchev–Trinajstić information content (AvgIpc) is 2.26. The smallest absolute Gasteiger partial charge is 0.288 e. The lowest BCUT2D eigenvalue weighted by Gasteiger charge is -2.29. The Hall–Kier alpha value is -0.540. The van der Waals surface area contributed by atoms with Gasteiger partial charge in [-0.2, -0.15) is 17.6 Å². The van der Waals surface area contributed by atoms with Crippen LogP contribution in [0.3, 0.4) is 0 Å². The second kappa shape index (κ2) is 6.76. The highest BCUT2D eigenvalue weighted by Crippen LogP contribution is 2.44. The lowest BCUT2D eigenvalue weighted by Crippen LogP contribution is -2.55. The molecule has 0 aliphatic rings. The summed E-state index contributed by atoms with van der Waals surface area (Å²) in [5, 5.41) is -0.507. The summed E-state index contributed by atoms with van der Waals surface area (Å²) in [6.07, 6.45) is -12.9. The summed E-state index contributed by atoms with van der Waals surface area (Å²) < 4.78 is 99.7. The van der Waals surface area contributed by atoms with E-state index in [1.807, 2.05) is 0 Å². The molecule has 114 valence electrons. The molecule has 0 aromatic heterocycles. The van der Waals surface area contributed by atoms with E-state index in [1.165, 1.54) is 0 Å². The van der Waals surface area contributed by atoms with E-state index in [4.69, 9.17) is 0 Å². The van der Waals surface area contributed by atoms with E-state index >= 15 is 0 Å². The summed E-state index contributed by atoms with van der Waals surface area (Å²) in [4.78, 5) is 10.4. The van der Waals surface area contributed by atoms with E-state index < -0.39 is 47.9 Å². The van der Waals surface area contributed by atoms with Crippen molar-refractivity contribution in [2.45, 2.75) is 44.0 Å². The first-order valence-electron chi connectivity index (χ1n) is 4.89. The molecule has 0 aromatic carbocycles. The second-order valence-corrected chi connectivity index (χ2v) is 4.86. The van der Waals surface area contributed by atoms with E-state index in [0.717, 1.165) is 6.92 Å². The van der Waals surface area contributed by atoms with Gasteiger partial charge in [-0.05, 0) is 6.42 Å². The number of hydrogen-bond acceptors (Lipinski definition) is 2. The molecule has 0 saturated carbocycles. The highest BCUT2D eigenvalue weighted by Gasteiger charge is 2.68. The van der Waals surface area contributed by atoms with Gasteiger partial charge in [-0.3, -0.25) is 4.79 Å². The fraction of sp³-hybridized carbons (Fsp3) is 0.889. The summed E-state index contributed by atoms with van der Waals surface area (Å²) in [5.74, 6) is -12.2. The van der Waals surface area contributed by atoms with Gasteiger partial charge in [0.25, 0.3) is 0 Å². The van der Waals surface area contributed by atoms with Crippen LogP contribution in [0.5, 0.6) is 0 Å². The first-order chi connectivity index (χ1) is 8.44. The Morgan fingerprint density at radius 1 is 1.05 bits per heavy atom. The molecule has 1 nitrogen and oxygen atoms in total. The molecule has 0 amide bonds. The van der Waals surface area contributed by atoms with Gasteiger partial charge in [0.1, 0.15) is 6.17 Å². The molecule has 2 atom stereocenters. The van der Waals surface area contributed by atoms with Gasteiger partial charge in [-0.15, -0.1) is 0 Å². The van der Waals surface area contributed by atoms with Crippen LogP contribution >= 0.6 is 11.8 Å². The van der Waals surface area contributed by atoms with E-state index in [1.54, 1.807) is 0 Å². The number of hydrogen-bond donors (Lipinski definition) is 0. The minimum atomic E-state index is -5.97. The van der Waals surface area contributed by atoms with Crippen molar-refractivity contribution in [2.24, 2.45) is 0 Å². The molecule has 0 bridgehead atoms. The third kappa shape index (κ3) is 4.50. The summed E-state index contributed by atoms with van der Waals surface area (Å²) in [7, 11) is 0. The van der Waals surface area contributed by atoms with E-state index in [2.05, 4.69) is 0 Å². The zero-order chi connectivity index (χ0) is 15.4. The first kappa shape index (κ1) is 18.5. The molecule has 0 aromatic rings. The molecular formula is C9H10F8OS. The van der Waals surface area contributed by atoms with Gasteiger partial charge in [-0.25, -0.2) is 17.6 Å². The van der Waals surface area contributed by atoms with Crippen LogP contribution in [0.4, 0.5) is 35.1 Å². The number of alkyl halides is 8. The molecule has 19 heavy (non-hydrogen) atoms. The summed E-state index contributed by atoms with van der Waals surface area (Å²) in [6.45, 7) is 1.07. The van der Waals surface area contributed by atoms with Crippen molar-refractivity contribution < 1.29 is 39.9 Å². The van der Waals surface area contributed by atoms with Crippen LogP contribution in [0.15, 0.2) is 0 Å². The van der Waals surface area contributed by atoms with Crippen LogP contribution in [-0.2, 0) is 4.79 Å². The van der Waals surface area contributed by atoms with Crippen molar-refractivity contribution in [3.05, 3.63) is 0 Å². The van der Waals surface area contributed by atoms with Gasteiger partial charge < -0.3 is 0 Å². The molecule has 2 unspecified atom stereocenters. The summed E-state index contributed by atoms with van der Waals surface area (Å²) in [5.41, 5.74) is 0. The van der Waals surface area contributed by atoms with E-state index in [9.17, 15) is 39.9 Å². The van der Waals surface area contributed by atoms with Crippen molar-refractivity contribution in [2.75, 3.05) is 5.75 Å². The maximum Gasteiger partial charge on any atom is 0.372 e. The molecule has 0 rings (SSSR count). The van der Waals surface area contributed by atoms with Crippen molar-refractivity contribution in [1.29, 1.82) is 0 Å². The Morgan fingerprint density at radius 2 is 1.53 bits per heavy atom.